The molecular formula is C26H10N4. The van der Waals surface area contributed by atoms with E-state index in [-0.39, 0.29) is 11.4 Å². The summed E-state index contributed by atoms with van der Waals surface area (Å²) in [6.45, 7) is 22.5. The summed E-state index contributed by atoms with van der Waals surface area (Å²) in [5, 5.41) is 17.0. The maximum absolute atomic E-state index is 9.59. The molecule has 5 aromatic carbocycles. The van der Waals surface area contributed by atoms with Gasteiger partial charge in [0.2, 0.25) is 5.69 Å². The van der Waals surface area contributed by atoms with Crippen LogP contribution in [-0.4, -0.2) is 0 Å². The second kappa shape index (κ2) is 6.32. The van der Waals surface area contributed by atoms with Gasteiger partial charge in [0, 0.05) is 0 Å². The summed E-state index contributed by atoms with van der Waals surface area (Å²) in [6.07, 6.45) is 0. The van der Waals surface area contributed by atoms with E-state index in [0.29, 0.717) is 11.3 Å². The Balaban J connectivity index is 2.19. The molecule has 4 nitrogen and oxygen atoms in total. The van der Waals surface area contributed by atoms with E-state index in [4.69, 9.17) is 19.7 Å². The van der Waals surface area contributed by atoms with Crippen molar-refractivity contribution in [2.45, 2.75) is 0 Å². The van der Waals surface area contributed by atoms with Crippen LogP contribution in [0.3, 0.4) is 0 Å². The third-order valence-electron chi connectivity index (χ3n) is 5.51. The Hall–Kier alpha value is -4.90. The summed E-state index contributed by atoms with van der Waals surface area (Å²) < 4.78 is 0. The number of nitrogens with zero attached hydrogens (tertiary/aromatic N) is 4. The second-order valence-electron chi connectivity index (χ2n) is 6.96. The van der Waals surface area contributed by atoms with Crippen molar-refractivity contribution in [3.63, 3.8) is 0 Å². The molecule has 0 N–H and O–H groups in total. The molecule has 30 heavy (non-hydrogen) atoms. The predicted octanol–water partition coefficient (Wildman–Crippen LogP) is 7.82. The van der Waals surface area contributed by atoms with Crippen molar-refractivity contribution in [3.05, 3.63) is 100 Å². The molecule has 0 aliphatic carbocycles. The smallest absolute Gasteiger partial charge is 0.205 e. The highest BCUT2D eigenvalue weighted by Crippen LogP contribution is 2.44. The lowest BCUT2D eigenvalue weighted by Crippen LogP contribution is -1.87. The topological polar surface area (TPSA) is 36.9 Å². The average Bonchev–Trinajstić information content (AvgIpc) is 2.81. The van der Waals surface area contributed by atoms with Gasteiger partial charge < -0.3 is 0 Å². The normalized spacial score (nSPS) is 10.5. The van der Waals surface area contributed by atoms with Crippen LogP contribution in [0.25, 0.3) is 57.6 Å². The van der Waals surface area contributed by atoms with E-state index in [0.717, 1.165) is 43.1 Å². The van der Waals surface area contributed by atoms with Gasteiger partial charge in [0.25, 0.3) is 0 Å². The third-order valence-corrected chi connectivity index (χ3v) is 5.51. The molecule has 0 saturated heterocycles. The van der Waals surface area contributed by atoms with Crippen molar-refractivity contribution in [2.24, 2.45) is 0 Å². The molecule has 0 aromatic heterocycles. The van der Waals surface area contributed by atoms with Crippen LogP contribution in [0.4, 0.5) is 17.1 Å². The van der Waals surface area contributed by atoms with Crippen LogP contribution >= 0.6 is 0 Å². The van der Waals surface area contributed by atoms with Gasteiger partial charge >= 0.3 is 0 Å². The monoisotopic (exact) mass is 378 g/mol. The Morgan fingerprint density at radius 3 is 1.87 bits per heavy atom. The molecule has 134 valence electrons. The molecule has 0 saturated carbocycles. The number of benzene rings is 5. The number of nitriles is 1. The van der Waals surface area contributed by atoms with E-state index in [9.17, 15) is 5.26 Å². The first kappa shape index (κ1) is 17.2. The molecule has 0 radical (unpaired) electrons. The van der Waals surface area contributed by atoms with Crippen molar-refractivity contribution >= 4 is 60.2 Å². The van der Waals surface area contributed by atoms with Gasteiger partial charge in [0.05, 0.1) is 31.3 Å². The van der Waals surface area contributed by atoms with E-state index < -0.39 is 0 Å². The van der Waals surface area contributed by atoms with E-state index in [2.05, 4.69) is 20.6 Å². The summed E-state index contributed by atoms with van der Waals surface area (Å²) >= 11 is 0. The van der Waals surface area contributed by atoms with Gasteiger partial charge in [-0.2, -0.15) is 5.26 Å². The van der Waals surface area contributed by atoms with Crippen LogP contribution in [0.5, 0.6) is 0 Å². The van der Waals surface area contributed by atoms with Crippen molar-refractivity contribution in [2.75, 3.05) is 0 Å². The zero-order chi connectivity index (χ0) is 20.8. The van der Waals surface area contributed by atoms with E-state index >= 15 is 0 Å². The van der Waals surface area contributed by atoms with Crippen LogP contribution < -0.4 is 0 Å². The molecular weight excluding hydrogens is 368 g/mol. The number of fused-ring (bicyclic) bond motifs is 8. The van der Waals surface area contributed by atoms with Gasteiger partial charge in [-0.15, -0.1) is 0 Å². The van der Waals surface area contributed by atoms with Crippen molar-refractivity contribution in [1.29, 1.82) is 5.26 Å². The predicted molar refractivity (Wildman–Crippen MR) is 120 cm³/mol. The maximum atomic E-state index is 9.59. The molecule has 0 atom stereocenters. The van der Waals surface area contributed by atoms with Crippen molar-refractivity contribution in [3.8, 4) is 6.07 Å². The lowest BCUT2D eigenvalue weighted by Gasteiger charge is -2.15. The fraction of sp³-hybridized carbons (Fsp3) is 0. The Labute approximate surface area is 172 Å². The minimum absolute atomic E-state index is 0.282. The van der Waals surface area contributed by atoms with Crippen LogP contribution in [-0.2, 0) is 0 Å². The highest BCUT2D eigenvalue weighted by atomic mass is 14.7. The van der Waals surface area contributed by atoms with Crippen molar-refractivity contribution < 1.29 is 0 Å². The Kier molecular flexibility index (Phi) is 3.63. The Bertz CT molecular complexity index is 1730. The third kappa shape index (κ3) is 2.23. The summed E-state index contributed by atoms with van der Waals surface area (Å²) in [5.74, 6) is 0. The Morgan fingerprint density at radius 1 is 0.600 bits per heavy atom. The second-order valence-corrected chi connectivity index (χ2v) is 6.96. The van der Waals surface area contributed by atoms with Crippen LogP contribution in [0.15, 0.2) is 60.7 Å². The first-order valence-corrected chi connectivity index (χ1v) is 9.11. The minimum atomic E-state index is 0.282. The fourth-order valence-electron chi connectivity index (χ4n) is 4.19. The molecule has 5 rings (SSSR count). The lowest BCUT2D eigenvalue weighted by atomic mass is 9.89. The van der Waals surface area contributed by atoms with Gasteiger partial charge in [0.1, 0.15) is 0 Å². The zero-order valence-electron chi connectivity index (χ0n) is 15.6. The lowest BCUT2D eigenvalue weighted by molar-refractivity contribution is 1.50. The van der Waals surface area contributed by atoms with Crippen LogP contribution in [0.1, 0.15) is 5.56 Å². The number of hydrogen-bond donors (Lipinski definition) is 0. The largest absolute Gasteiger partial charge is 0.250 e. The van der Waals surface area contributed by atoms with Gasteiger partial charge in [-0.25, -0.2) is 4.85 Å². The fourth-order valence-corrected chi connectivity index (χ4v) is 4.19. The van der Waals surface area contributed by atoms with Gasteiger partial charge in [-0.05, 0) is 55.2 Å². The van der Waals surface area contributed by atoms with Crippen molar-refractivity contribution in [1.82, 2.24) is 0 Å². The summed E-state index contributed by atoms with van der Waals surface area (Å²) in [7, 11) is 0. The molecule has 0 unspecified atom stereocenters. The highest BCUT2D eigenvalue weighted by molar-refractivity contribution is 6.32. The van der Waals surface area contributed by atoms with E-state index in [1.807, 2.05) is 36.4 Å². The van der Waals surface area contributed by atoms with Crippen LogP contribution in [0.2, 0.25) is 0 Å². The summed E-state index contributed by atoms with van der Waals surface area (Å²) in [5.41, 5.74) is 1.21. The Morgan fingerprint density at radius 2 is 1.20 bits per heavy atom. The van der Waals surface area contributed by atoms with Crippen LogP contribution in [0, 0.1) is 31.0 Å². The first-order chi connectivity index (χ1) is 14.7. The molecule has 0 aliphatic heterocycles. The molecule has 0 amide bonds. The molecule has 0 spiro atoms. The molecule has 0 fully saturated rings. The molecule has 5 aromatic rings. The van der Waals surface area contributed by atoms with Gasteiger partial charge in [-0.1, -0.05) is 48.5 Å². The number of hydrogen-bond acceptors (Lipinski definition) is 1. The standard InChI is InChI=1S/C26H10N4/c1-28-23-11-21-20-13-25(30-3)24(29-2)12-19(20)18-9-8-15-6-4-5-7-17(15)26(18)22(21)10-16(23)14-27/h4-13H. The minimum Gasteiger partial charge on any atom is -0.250 e. The van der Waals surface area contributed by atoms with Gasteiger partial charge in [0.15, 0.2) is 11.4 Å². The summed E-state index contributed by atoms with van der Waals surface area (Å²) in [6, 6.07) is 21.2. The molecule has 0 aliphatic rings. The van der Waals surface area contributed by atoms with E-state index in [1.54, 1.807) is 24.3 Å². The molecule has 0 bridgehead atoms. The number of rotatable bonds is 0. The van der Waals surface area contributed by atoms with E-state index in [1.165, 1.54) is 0 Å². The van der Waals surface area contributed by atoms with Gasteiger partial charge in [-0.3, -0.25) is 9.69 Å². The molecule has 0 heterocycles. The average molecular weight is 378 g/mol. The SMILES string of the molecule is [C-]#[N+]c1cc2c3cc([N+]#[C-])c([N+]#[C-])cc3c3ccc4ccccc4c3c2cc1C#N. The zero-order valence-corrected chi connectivity index (χ0v) is 15.6. The first-order valence-electron chi connectivity index (χ1n) is 9.11. The molecule has 4 heteroatoms. The summed E-state index contributed by atoms with van der Waals surface area (Å²) in [4.78, 5) is 10.6. The maximum Gasteiger partial charge on any atom is 0.205 e. The quantitative estimate of drug-likeness (QED) is 0.200. The highest BCUT2D eigenvalue weighted by Gasteiger charge is 2.16.